The summed E-state index contributed by atoms with van der Waals surface area (Å²) in [4.78, 5) is 35.2. The Kier molecular flexibility index (Phi) is 4.06. The monoisotopic (exact) mass is 319 g/mol. The second kappa shape index (κ2) is 6.15. The molecule has 114 valence electrons. The average Bonchev–Trinajstić information content (AvgIpc) is 3.12. The van der Waals surface area contributed by atoms with Crippen LogP contribution in [0.3, 0.4) is 0 Å². The molecule has 0 unspecified atom stereocenters. The van der Waals surface area contributed by atoms with Gasteiger partial charge in [-0.05, 0) is 11.6 Å². The van der Waals surface area contributed by atoms with Crippen LogP contribution >= 0.6 is 11.6 Å². The molecule has 0 aliphatic carbocycles. The lowest BCUT2D eigenvalue weighted by atomic mass is 10.3. The summed E-state index contributed by atoms with van der Waals surface area (Å²) in [6, 6.07) is 3.22. The molecule has 3 heterocycles. The zero-order valence-electron chi connectivity index (χ0n) is 11.7. The summed E-state index contributed by atoms with van der Waals surface area (Å²) < 4.78 is 1.64. The van der Waals surface area contributed by atoms with Crippen molar-refractivity contribution in [2.45, 2.75) is 13.1 Å². The third kappa shape index (κ3) is 3.09. The second-order valence-electron chi connectivity index (χ2n) is 4.97. The maximum atomic E-state index is 12.3. The SMILES string of the molecule is O=C(Cn1ccnc1)N1CCN(Cc2ccc(Cl)nc2)C1=O. The van der Waals surface area contributed by atoms with Crippen LogP contribution in [-0.4, -0.2) is 49.4 Å². The summed E-state index contributed by atoms with van der Waals surface area (Å²) in [6.07, 6.45) is 6.47. The first kappa shape index (κ1) is 14.5. The van der Waals surface area contributed by atoms with E-state index in [9.17, 15) is 9.59 Å². The molecule has 22 heavy (non-hydrogen) atoms. The molecule has 1 fully saturated rings. The highest BCUT2D eigenvalue weighted by atomic mass is 35.5. The molecular weight excluding hydrogens is 306 g/mol. The van der Waals surface area contributed by atoms with Gasteiger partial charge in [0.1, 0.15) is 11.7 Å². The molecule has 3 amide bonds. The number of aromatic nitrogens is 3. The molecule has 0 bridgehead atoms. The van der Waals surface area contributed by atoms with E-state index in [-0.39, 0.29) is 18.5 Å². The number of carbonyl (C=O) groups excluding carboxylic acids is 2. The van der Waals surface area contributed by atoms with E-state index in [4.69, 9.17) is 11.6 Å². The van der Waals surface area contributed by atoms with Gasteiger partial charge in [-0.2, -0.15) is 0 Å². The molecule has 3 rings (SSSR count). The van der Waals surface area contributed by atoms with E-state index >= 15 is 0 Å². The predicted octanol–water partition coefficient (Wildman–Crippen LogP) is 1.40. The first-order chi connectivity index (χ1) is 10.6. The van der Waals surface area contributed by atoms with Gasteiger partial charge >= 0.3 is 6.03 Å². The van der Waals surface area contributed by atoms with Crippen molar-refractivity contribution < 1.29 is 9.59 Å². The average molecular weight is 320 g/mol. The number of carbonyl (C=O) groups is 2. The van der Waals surface area contributed by atoms with Gasteiger partial charge in [0.15, 0.2) is 0 Å². The van der Waals surface area contributed by atoms with Crippen LogP contribution in [-0.2, 0) is 17.9 Å². The van der Waals surface area contributed by atoms with Crippen molar-refractivity contribution in [1.82, 2.24) is 24.3 Å². The number of imidazole rings is 1. The number of nitrogens with zero attached hydrogens (tertiary/aromatic N) is 5. The minimum atomic E-state index is -0.278. The number of hydrogen-bond acceptors (Lipinski definition) is 4. The molecule has 0 spiro atoms. The van der Waals surface area contributed by atoms with Crippen LogP contribution in [0.1, 0.15) is 5.56 Å². The summed E-state index contributed by atoms with van der Waals surface area (Å²) in [5.74, 6) is -0.236. The highest BCUT2D eigenvalue weighted by Gasteiger charge is 2.32. The first-order valence-corrected chi connectivity index (χ1v) is 7.17. The fourth-order valence-electron chi connectivity index (χ4n) is 2.30. The van der Waals surface area contributed by atoms with Crippen LogP contribution in [0.5, 0.6) is 0 Å². The standard InChI is InChI=1S/C14H14ClN5O2/c15-12-2-1-11(7-17-12)8-19-5-6-20(14(19)22)13(21)9-18-4-3-16-10-18/h1-4,7,10H,5-6,8-9H2. The van der Waals surface area contributed by atoms with Crippen molar-refractivity contribution in [3.63, 3.8) is 0 Å². The zero-order chi connectivity index (χ0) is 15.5. The Balaban J connectivity index is 1.62. The van der Waals surface area contributed by atoms with Gasteiger partial charge in [0, 0.05) is 38.2 Å². The summed E-state index contributed by atoms with van der Waals surface area (Å²) in [5, 5.41) is 0.411. The molecule has 2 aromatic heterocycles. The molecule has 1 aliphatic heterocycles. The summed E-state index contributed by atoms with van der Waals surface area (Å²) in [7, 11) is 0. The predicted molar refractivity (Wildman–Crippen MR) is 79.0 cm³/mol. The van der Waals surface area contributed by atoms with Crippen LogP contribution in [0.25, 0.3) is 0 Å². The molecule has 0 saturated carbocycles. The Hall–Kier alpha value is -2.41. The Morgan fingerprint density at radius 1 is 1.32 bits per heavy atom. The number of imide groups is 1. The van der Waals surface area contributed by atoms with Crippen LogP contribution < -0.4 is 0 Å². The normalized spacial score (nSPS) is 14.7. The fourth-order valence-corrected chi connectivity index (χ4v) is 2.41. The number of pyridine rings is 1. The van der Waals surface area contributed by atoms with E-state index in [1.165, 1.54) is 4.90 Å². The molecule has 2 aromatic rings. The summed E-state index contributed by atoms with van der Waals surface area (Å²) in [6.45, 7) is 1.43. The van der Waals surface area contributed by atoms with Gasteiger partial charge in [-0.25, -0.2) is 14.8 Å². The third-order valence-corrected chi connectivity index (χ3v) is 3.66. The topological polar surface area (TPSA) is 71.3 Å². The molecule has 7 nitrogen and oxygen atoms in total. The van der Waals surface area contributed by atoms with Crippen molar-refractivity contribution in [1.29, 1.82) is 0 Å². The first-order valence-electron chi connectivity index (χ1n) is 6.79. The quantitative estimate of drug-likeness (QED) is 0.799. The number of hydrogen-bond donors (Lipinski definition) is 0. The van der Waals surface area contributed by atoms with Crippen molar-refractivity contribution >= 4 is 23.5 Å². The maximum Gasteiger partial charge on any atom is 0.327 e. The van der Waals surface area contributed by atoms with E-state index in [0.717, 1.165) is 5.56 Å². The van der Waals surface area contributed by atoms with Crippen LogP contribution in [0.15, 0.2) is 37.1 Å². The fraction of sp³-hybridized carbons (Fsp3) is 0.286. The lowest BCUT2D eigenvalue weighted by Gasteiger charge is -2.17. The van der Waals surface area contributed by atoms with Gasteiger partial charge in [0.2, 0.25) is 0 Å². The molecule has 0 aromatic carbocycles. The lowest BCUT2D eigenvalue weighted by molar-refractivity contribution is -0.128. The van der Waals surface area contributed by atoms with E-state index in [0.29, 0.717) is 24.8 Å². The van der Waals surface area contributed by atoms with Gasteiger partial charge in [-0.15, -0.1) is 0 Å². The van der Waals surface area contributed by atoms with Crippen molar-refractivity contribution in [2.75, 3.05) is 13.1 Å². The summed E-state index contributed by atoms with van der Waals surface area (Å²) in [5.41, 5.74) is 0.877. The Morgan fingerprint density at radius 3 is 2.86 bits per heavy atom. The number of urea groups is 1. The number of amides is 3. The smallest absolute Gasteiger partial charge is 0.327 e. The Labute approximate surface area is 132 Å². The van der Waals surface area contributed by atoms with Crippen molar-refractivity contribution in [2.24, 2.45) is 0 Å². The minimum absolute atomic E-state index is 0.113. The van der Waals surface area contributed by atoms with Crippen LogP contribution in [0.2, 0.25) is 5.15 Å². The minimum Gasteiger partial charge on any atom is -0.328 e. The molecule has 0 atom stereocenters. The molecular formula is C14H14ClN5O2. The van der Waals surface area contributed by atoms with E-state index in [1.54, 1.807) is 40.5 Å². The van der Waals surface area contributed by atoms with Crippen molar-refractivity contribution in [3.8, 4) is 0 Å². The molecule has 1 aliphatic rings. The highest BCUT2D eigenvalue weighted by Crippen LogP contribution is 2.14. The number of halogens is 1. The molecule has 0 radical (unpaired) electrons. The zero-order valence-corrected chi connectivity index (χ0v) is 12.5. The Bertz CT molecular complexity index is 671. The molecule has 0 N–H and O–H groups in total. The van der Waals surface area contributed by atoms with Gasteiger partial charge < -0.3 is 9.47 Å². The summed E-state index contributed by atoms with van der Waals surface area (Å²) >= 11 is 5.74. The largest absolute Gasteiger partial charge is 0.328 e. The lowest BCUT2D eigenvalue weighted by Crippen LogP contribution is -2.37. The Morgan fingerprint density at radius 2 is 2.18 bits per heavy atom. The second-order valence-corrected chi connectivity index (χ2v) is 5.36. The highest BCUT2D eigenvalue weighted by molar-refractivity contribution is 6.29. The number of rotatable bonds is 4. The van der Waals surface area contributed by atoms with Crippen molar-refractivity contribution in [3.05, 3.63) is 47.8 Å². The van der Waals surface area contributed by atoms with Gasteiger partial charge in [-0.3, -0.25) is 9.69 Å². The van der Waals surface area contributed by atoms with E-state index in [2.05, 4.69) is 9.97 Å². The van der Waals surface area contributed by atoms with E-state index in [1.807, 2.05) is 6.07 Å². The van der Waals surface area contributed by atoms with E-state index < -0.39 is 0 Å². The van der Waals surface area contributed by atoms with Gasteiger partial charge in [-0.1, -0.05) is 17.7 Å². The van der Waals surface area contributed by atoms with Crippen LogP contribution in [0.4, 0.5) is 4.79 Å². The van der Waals surface area contributed by atoms with Gasteiger partial charge in [0.25, 0.3) is 5.91 Å². The molecule has 8 heteroatoms. The van der Waals surface area contributed by atoms with Gasteiger partial charge in [0.05, 0.1) is 6.33 Å². The molecule has 1 saturated heterocycles. The maximum absolute atomic E-state index is 12.3. The van der Waals surface area contributed by atoms with Crippen LogP contribution in [0, 0.1) is 0 Å². The third-order valence-electron chi connectivity index (χ3n) is 3.44.